The zero-order valence-electron chi connectivity index (χ0n) is 11.0. The quantitative estimate of drug-likeness (QED) is 0.678. The summed E-state index contributed by atoms with van der Waals surface area (Å²) < 4.78 is 83.2. The second-order valence-corrected chi connectivity index (χ2v) is 3.80. The van der Waals surface area contributed by atoms with Crippen LogP contribution >= 0.6 is 0 Å². The van der Waals surface area contributed by atoms with Gasteiger partial charge in [-0.1, -0.05) is 0 Å². The number of alkyl halides is 6. The Bertz CT molecular complexity index is 556. The molecule has 0 spiro atoms. The van der Waals surface area contributed by atoms with Crippen molar-refractivity contribution in [1.29, 1.82) is 0 Å². The summed E-state index contributed by atoms with van der Waals surface area (Å²) in [4.78, 5) is 14.5. The van der Waals surface area contributed by atoms with E-state index in [0.29, 0.717) is 0 Å². The third kappa shape index (κ3) is 4.48. The first kappa shape index (κ1) is 18.0. The van der Waals surface area contributed by atoms with Crippen molar-refractivity contribution in [2.45, 2.75) is 26.0 Å². The number of pyridine rings is 1. The fourth-order valence-electron chi connectivity index (χ4n) is 1.47. The van der Waals surface area contributed by atoms with Crippen LogP contribution in [0.5, 0.6) is 5.75 Å². The van der Waals surface area contributed by atoms with Gasteiger partial charge in [-0.15, -0.1) is 13.2 Å². The molecule has 1 heterocycles. The van der Waals surface area contributed by atoms with Gasteiger partial charge in [-0.05, 0) is 13.0 Å². The molecule has 0 aliphatic heterocycles. The molecule has 0 fully saturated rings. The van der Waals surface area contributed by atoms with Crippen LogP contribution in [0.2, 0.25) is 0 Å². The van der Waals surface area contributed by atoms with Crippen molar-refractivity contribution in [1.82, 2.24) is 4.98 Å². The highest BCUT2D eigenvalue weighted by atomic mass is 19.4. The largest absolute Gasteiger partial charge is 0.573 e. The summed E-state index contributed by atoms with van der Waals surface area (Å²) in [6, 6.07) is 0.267. The van der Waals surface area contributed by atoms with Crippen LogP contribution in [-0.2, 0) is 17.5 Å². The fourth-order valence-corrected chi connectivity index (χ4v) is 1.47. The van der Waals surface area contributed by atoms with E-state index in [-0.39, 0.29) is 12.7 Å². The zero-order chi connectivity index (χ0) is 17.1. The molecule has 0 aliphatic carbocycles. The lowest BCUT2D eigenvalue weighted by atomic mass is 10.1. The zero-order valence-corrected chi connectivity index (χ0v) is 11.0. The number of hydrogen-bond donors (Lipinski definition) is 1. The van der Waals surface area contributed by atoms with Crippen molar-refractivity contribution in [2.75, 3.05) is 6.61 Å². The van der Waals surface area contributed by atoms with Crippen LogP contribution in [0, 0.1) is 0 Å². The Morgan fingerprint density at radius 1 is 1.27 bits per heavy atom. The lowest BCUT2D eigenvalue weighted by Gasteiger charge is -2.17. The highest BCUT2D eigenvalue weighted by Crippen LogP contribution is 2.35. The summed E-state index contributed by atoms with van der Waals surface area (Å²) in [7, 11) is 0. The molecular weight excluding hydrogens is 322 g/mol. The lowest BCUT2D eigenvalue weighted by molar-refractivity contribution is -0.275. The molecule has 1 aromatic heterocycles. The van der Waals surface area contributed by atoms with Crippen molar-refractivity contribution in [2.24, 2.45) is 5.73 Å². The van der Waals surface area contributed by atoms with E-state index in [0.717, 1.165) is 0 Å². The predicted octanol–water partition coefficient (Wildman–Crippen LogP) is 2.63. The van der Waals surface area contributed by atoms with E-state index in [2.05, 4.69) is 14.5 Å². The van der Waals surface area contributed by atoms with Crippen LogP contribution in [0.4, 0.5) is 26.3 Å². The number of carbonyl (C=O) groups excluding carboxylic acids is 1. The molecule has 124 valence electrons. The van der Waals surface area contributed by atoms with Crippen LogP contribution in [0.25, 0.3) is 0 Å². The van der Waals surface area contributed by atoms with Crippen molar-refractivity contribution >= 4 is 5.97 Å². The average molecular weight is 332 g/mol. The SMILES string of the molecule is CCOC(=O)c1cc(OC(F)(F)F)c(CN)nc1C(F)(F)F. The van der Waals surface area contributed by atoms with Gasteiger partial charge in [0.05, 0.1) is 17.9 Å². The maximum absolute atomic E-state index is 12.9. The van der Waals surface area contributed by atoms with Gasteiger partial charge in [-0.3, -0.25) is 0 Å². The molecule has 2 N–H and O–H groups in total. The molecule has 5 nitrogen and oxygen atoms in total. The van der Waals surface area contributed by atoms with Gasteiger partial charge in [0.15, 0.2) is 11.4 Å². The van der Waals surface area contributed by atoms with Crippen molar-refractivity contribution in [3.63, 3.8) is 0 Å². The van der Waals surface area contributed by atoms with Crippen LogP contribution in [0.1, 0.15) is 28.7 Å². The number of carbonyl (C=O) groups is 1. The summed E-state index contributed by atoms with van der Waals surface area (Å²) in [6.45, 7) is 0.293. The van der Waals surface area contributed by atoms with E-state index in [1.807, 2.05) is 0 Å². The molecular formula is C11H10F6N2O3. The minimum Gasteiger partial charge on any atom is -0.462 e. The molecule has 11 heteroatoms. The monoisotopic (exact) mass is 332 g/mol. The van der Waals surface area contributed by atoms with Gasteiger partial charge < -0.3 is 15.2 Å². The van der Waals surface area contributed by atoms with Gasteiger partial charge in [0.25, 0.3) is 0 Å². The third-order valence-corrected chi connectivity index (χ3v) is 2.24. The number of ether oxygens (including phenoxy) is 2. The first-order chi connectivity index (χ1) is 9.99. The summed E-state index contributed by atoms with van der Waals surface area (Å²) in [5.74, 6) is -2.57. The summed E-state index contributed by atoms with van der Waals surface area (Å²) in [5, 5.41) is 0. The van der Waals surface area contributed by atoms with E-state index >= 15 is 0 Å². The first-order valence-electron chi connectivity index (χ1n) is 5.73. The van der Waals surface area contributed by atoms with Gasteiger partial charge in [-0.2, -0.15) is 13.2 Å². The highest BCUT2D eigenvalue weighted by molar-refractivity contribution is 5.91. The Morgan fingerprint density at radius 2 is 1.86 bits per heavy atom. The normalized spacial score (nSPS) is 12.2. The van der Waals surface area contributed by atoms with E-state index in [1.54, 1.807) is 0 Å². The number of esters is 1. The van der Waals surface area contributed by atoms with E-state index in [4.69, 9.17) is 5.73 Å². The van der Waals surface area contributed by atoms with Crippen LogP contribution < -0.4 is 10.5 Å². The van der Waals surface area contributed by atoms with Gasteiger partial charge in [0.2, 0.25) is 0 Å². The lowest BCUT2D eigenvalue weighted by Crippen LogP contribution is -2.23. The molecule has 0 amide bonds. The minimum atomic E-state index is -5.18. The number of halogens is 6. The maximum atomic E-state index is 12.9. The van der Waals surface area contributed by atoms with Crippen molar-refractivity contribution < 1.29 is 40.6 Å². The Balaban J connectivity index is 3.49. The van der Waals surface area contributed by atoms with Gasteiger partial charge >= 0.3 is 18.5 Å². The molecule has 0 saturated carbocycles. The summed E-state index contributed by atoms with van der Waals surface area (Å²) in [6.07, 6.45) is -10.3. The molecule has 1 rings (SSSR count). The van der Waals surface area contributed by atoms with Gasteiger partial charge in [0, 0.05) is 6.54 Å². The first-order valence-corrected chi connectivity index (χ1v) is 5.73. The molecule has 0 bridgehead atoms. The second-order valence-electron chi connectivity index (χ2n) is 3.80. The number of aromatic nitrogens is 1. The van der Waals surface area contributed by atoms with Crippen LogP contribution in [0.15, 0.2) is 6.07 Å². The molecule has 0 atom stereocenters. The van der Waals surface area contributed by atoms with E-state index < -0.39 is 47.8 Å². The Kier molecular flexibility index (Phi) is 5.22. The smallest absolute Gasteiger partial charge is 0.462 e. The Morgan fingerprint density at radius 3 is 2.27 bits per heavy atom. The number of rotatable bonds is 4. The Labute approximate surface area is 120 Å². The Hall–Kier alpha value is -2.04. The molecule has 0 aliphatic rings. The molecule has 0 aromatic carbocycles. The number of nitrogens with zero attached hydrogens (tertiary/aromatic N) is 1. The topological polar surface area (TPSA) is 74.4 Å². The molecule has 0 unspecified atom stereocenters. The fraction of sp³-hybridized carbons (Fsp3) is 0.455. The van der Waals surface area contributed by atoms with E-state index in [1.165, 1.54) is 6.92 Å². The highest BCUT2D eigenvalue weighted by Gasteiger charge is 2.40. The maximum Gasteiger partial charge on any atom is 0.573 e. The second kappa shape index (κ2) is 6.38. The van der Waals surface area contributed by atoms with E-state index in [9.17, 15) is 31.1 Å². The third-order valence-electron chi connectivity index (χ3n) is 2.24. The van der Waals surface area contributed by atoms with Gasteiger partial charge in [-0.25, -0.2) is 9.78 Å². The van der Waals surface area contributed by atoms with Crippen molar-refractivity contribution in [3.05, 3.63) is 23.0 Å². The molecule has 0 saturated heterocycles. The van der Waals surface area contributed by atoms with Crippen molar-refractivity contribution in [3.8, 4) is 5.75 Å². The predicted molar refractivity (Wildman–Crippen MR) is 59.8 cm³/mol. The average Bonchev–Trinajstić information content (AvgIpc) is 2.35. The minimum absolute atomic E-state index is 0.267. The molecule has 0 radical (unpaired) electrons. The standard InChI is InChI=1S/C11H10F6N2O3/c1-2-21-9(20)5-3-7(22-11(15,16)17)6(4-18)19-8(5)10(12,13)14/h3H,2,4,18H2,1H3. The molecule has 22 heavy (non-hydrogen) atoms. The van der Waals surface area contributed by atoms with Crippen LogP contribution in [0.3, 0.4) is 0 Å². The summed E-state index contributed by atoms with van der Waals surface area (Å²) in [5.41, 5.74) is 1.40. The van der Waals surface area contributed by atoms with Gasteiger partial charge in [0.1, 0.15) is 0 Å². The summed E-state index contributed by atoms with van der Waals surface area (Å²) >= 11 is 0. The molecule has 1 aromatic rings. The number of nitrogens with two attached hydrogens (primary N) is 1. The number of hydrogen-bond acceptors (Lipinski definition) is 5. The van der Waals surface area contributed by atoms with Crippen LogP contribution in [-0.4, -0.2) is 23.9 Å².